The molecule has 2 heterocycles. The highest BCUT2D eigenvalue weighted by Crippen LogP contribution is 2.44. The van der Waals surface area contributed by atoms with E-state index in [0.29, 0.717) is 33.6 Å². The number of aliphatic hydroxyl groups is 1. The molecule has 5 rings (SSSR count). The van der Waals surface area contributed by atoms with E-state index in [9.17, 15) is 14.7 Å². The molecule has 1 aromatic heterocycles. The van der Waals surface area contributed by atoms with Crippen LogP contribution in [0.2, 0.25) is 0 Å². The van der Waals surface area contributed by atoms with Gasteiger partial charge in [-0.2, -0.15) is 0 Å². The van der Waals surface area contributed by atoms with Crippen LogP contribution in [0, 0.1) is 0 Å². The van der Waals surface area contributed by atoms with E-state index in [-0.39, 0.29) is 16.5 Å². The number of carbonyl (C=O) groups is 2. The van der Waals surface area contributed by atoms with Crippen molar-refractivity contribution >= 4 is 61.6 Å². The maximum Gasteiger partial charge on any atom is 0.301 e. The minimum atomic E-state index is -0.880. The van der Waals surface area contributed by atoms with Crippen LogP contribution in [0.4, 0.5) is 5.13 Å². The fourth-order valence-electron chi connectivity index (χ4n) is 4.10. The zero-order valence-corrected chi connectivity index (χ0v) is 23.4. The van der Waals surface area contributed by atoms with Crippen LogP contribution in [0.3, 0.4) is 0 Å². The lowest BCUT2D eigenvalue weighted by Crippen LogP contribution is -2.29. The van der Waals surface area contributed by atoms with Gasteiger partial charge in [0.2, 0.25) is 5.13 Å². The third kappa shape index (κ3) is 5.38. The second-order valence-electron chi connectivity index (χ2n) is 8.30. The van der Waals surface area contributed by atoms with Crippen LogP contribution in [-0.2, 0) is 15.3 Å². The van der Waals surface area contributed by atoms with Crippen molar-refractivity contribution in [2.45, 2.75) is 23.1 Å². The number of ether oxygens (including phenoxy) is 1. The maximum absolute atomic E-state index is 13.4. The lowest BCUT2D eigenvalue weighted by atomic mass is 9.95. The monoisotopic (exact) mass is 607 g/mol. The van der Waals surface area contributed by atoms with E-state index in [0.717, 1.165) is 10.0 Å². The summed E-state index contributed by atoms with van der Waals surface area (Å²) in [6, 6.07) is 23.1. The van der Waals surface area contributed by atoms with Crippen molar-refractivity contribution in [1.82, 2.24) is 10.2 Å². The summed E-state index contributed by atoms with van der Waals surface area (Å²) in [6.45, 7) is 2.40. The molecule has 1 atom stereocenters. The smallest absolute Gasteiger partial charge is 0.301 e. The first-order chi connectivity index (χ1) is 18.5. The quantitative estimate of drug-likeness (QED) is 0.0791. The van der Waals surface area contributed by atoms with Gasteiger partial charge in [0.25, 0.3) is 5.78 Å². The molecule has 0 spiro atoms. The van der Waals surface area contributed by atoms with Gasteiger partial charge in [-0.1, -0.05) is 93.6 Å². The molecule has 0 aliphatic carbocycles. The number of nitrogens with zero attached hydrogens (tertiary/aromatic N) is 3. The Morgan fingerprint density at radius 1 is 1.03 bits per heavy atom. The topological polar surface area (TPSA) is 92.6 Å². The van der Waals surface area contributed by atoms with E-state index in [1.54, 1.807) is 48.5 Å². The fraction of sp³-hybridized carbons (Fsp3) is 0.143. The second kappa shape index (κ2) is 11.5. The molecule has 3 aromatic carbocycles. The minimum Gasteiger partial charge on any atom is -0.507 e. The highest BCUT2D eigenvalue weighted by molar-refractivity contribution is 9.10. The zero-order valence-electron chi connectivity index (χ0n) is 20.2. The predicted molar refractivity (Wildman–Crippen MR) is 152 cm³/mol. The number of aliphatic hydroxyl groups excluding tert-OH is 1. The molecule has 0 bridgehead atoms. The number of anilines is 1. The summed E-state index contributed by atoms with van der Waals surface area (Å²) in [4.78, 5) is 28.1. The van der Waals surface area contributed by atoms with Crippen LogP contribution < -0.4 is 9.64 Å². The molecular weight excluding hydrogens is 586 g/mol. The number of rotatable bonds is 8. The molecule has 192 valence electrons. The van der Waals surface area contributed by atoms with Crippen LogP contribution in [0.1, 0.15) is 29.7 Å². The van der Waals surface area contributed by atoms with E-state index in [1.807, 2.05) is 37.3 Å². The van der Waals surface area contributed by atoms with Gasteiger partial charge >= 0.3 is 5.91 Å². The summed E-state index contributed by atoms with van der Waals surface area (Å²) < 4.78 is 7.06. The predicted octanol–water partition coefficient (Wildman–Crippen LogP) is 6.62. The van der Waals surface area contributed by atoms with E-state index >= 15 is 0 Å². The highest BCUT2D eigenvalue weighted by atomic mass is 79.9. The Balaban J connectivity index is 1.54. The maximum atomic E-state index is 13.4. The van der Waals surface area contributed by atoms with Gasteiger partial charge in [0.15, 0.2) is 4.34 Å². The van der Waals surface area contributed by atoms with Crippen LogP contribution in [-0.4, -0.2) is 33.6 Å². The van der Waals surface area contributed by atoms with E-state index in [4.69, 9.17) is 4.74 Å². The second-order valence-corrected chi connectivity index (χ2v) is 11.4. The molecule has 10 heteroatoms. The molecule has 1 unspecified atom stereocenters. The van der Waals surface area contributed by atoms with Crippen molar-refractivity contribution in [2.75, 3.05) is 11.5 Å². The number of hydrogen-bond acceptors (Lipinski definition) is 8. The Kier molecular flexibility index (Phi) is 7.92. The first-order valence-electron chi connectivity index (χ1n) is 11.8. The molecular formula is C28H22BrN3O4S2. The minimum absolute atomic E-state index is 0.00447. The number of benzene rings is 3. The molecule has 1 fully saturated rings. The highest BCUT2D eigenvalue weighted by Gasteiger charge is 2.48. The molecule has 0 radical (unpaired) electrons. The summed E-state index contributed by atoms with van der Waals surface area (Å²) in [7, 11) is 0. The lowest BCUT2D eigenvalue weighted by molar-refractivity contribution is -0.132. The van der Waals surface area contributed by atoms with Gasteiger partial charge in [0, 0.05) is 15.8 Å². The third-order valence-electron chi connectivity index (χ3n) is 5.88. The summed E-state index contributed by atoms with van der Waals surface area (Å²) >= 11 is 6.12. The summed E-state index contributed by atoms with van der Waals surface area (Å²) in [5.74, 6) is -0.437. The summed E-state index contributed by atoms with van der Waals surface area (Å²) in [5.41, 5.74) is 2.20. The van der Waals surface area contributed by atoms with Gasteiger partial charge in [0.05, 0.1) is 18.2 Å². The number of aromatic nitrogens is 2. The number of Topliss-reactive ketones (excluding diaryl/α,β-unsaturated/α-hetero) is 1. The average molecular weight is 609 g/mol. The third-order valence-corrected chi connectivity index (χ3v) is 8.53. The zero-order chi connectivity index (χ0) is 26.6. The normalized spacial score (nSPS) is 16.7. The van der Waals surface area contributed by atoms with Gasteiger partial charge in [-0.3, -0.25) is 14.5 Å². The van der Waals surface area contributed by atoms with E-state index in [2.05, 4.69) is 26.1 Å². The lowest BCUT2D eigenvalue weighted by Gasteiger charge is -2.22. The first kappa shape index (κ1) is 26.1. The van der Waals surface area contributed by atoms with Gasteiger partial charge in [-0.25, -0.2) is 0 Å². The van der Waals surface area contributed by atoms with Crippen molar-refractivity contribution in [3.8, 4) is 5.75 Å². The number of carbonyl (C=O) groups excluding carboxylic acids is 2. The molecule has 0 saturated carbocycles. The van der Waals surface area contributed by atoms with E-state index in [1.165, 1.54) is 28.0 Å². The van der Waals surface area contributed by atoms with Crippen LogP contribution in [0.25, 0.3) is 5.76 Å². The van der Waals surface area contributed by atoms with Crippen molar-refractivity contribution in [2.24, 2.45) is 0 Å². The molecule has 1 amide bonds. The van der Waals surface area contributed by atoms with Crippen molar-refractivity contribution in [3.05, 3.63) is 106 Å². The Hall–Kier alpha value is -3.47. The van der Waals surface area contributed by atoms with Crippen molar-refractivity contribution < 1.29 is 19.4 Å². The Morgan fingerprint density at radius 2 is 1.74 bits per heavy atom. The number of hydrogen-bond donors (Lipinski definition) is 1. The van der Waals surface area contributed by atoms with Crippen LogP contribution >= 0.6 is 39.0 Å². The number of halogens is 1. The number of ketones is 1. The Bertz CT molecular complexity index is 1490. The number of thioether (sulfide) groups is 1. The molecule has 1 aliphatic rings. The SMILES string of the molecule is CCOc1ccc(C2/C(=C(/O)c3ccc(Br)cc3)C(=O)C(=O)N2c2nnc(SCc3ccccc3)s2)cc1. The average Bonchev–Trinajstić information content (AvgIpc) is 3.51. The molecule has 7 nitrogen and oxygen atoms in total. The first-order valence-corrected chi connectivity index (χ1v) is 14.4. The summed E-state index contributed by atoms with van der Waals surface area (Å²) in [6.07, 6.45) is 0. The Morgan fingerprint density at radius 3 is 2.42 bits per heavy atom. The molecule has 4 aromatic rings. The van der Waals surface area contributed by atoms with Crippen LogP contribution in [0.15, 0.2) is 93.2 Å². The molecule has 1 N–H and O–H groups in total. The molecule has 1 saturated heterocycles. The Labute approximate surface area is 236 Å². The largest absolute Gasteiger partial charge is 0.507 e. The van der Waals surface area contributed by atoms with Crippen molar-refractivity contribution in [3.63, 3.8) is 0 Å². The van der Waals surface area contributed by atoms with Gasteiger partial charge in [0.1, 0.15) is 11.5 Å². The molecule has 1 aliphatic heterocycles. The van der Waals surface area contributed by atoms with Gasteiger partial charge in [-0.15, -0.1) is 10.2 Å². The standard InChI is InChI=1S/C28H22BrN3O4S2/c1-2-36-21-14-10-18(11-15-21)23-22(24(33)19-8-12-20(29)13-9-19)25(34)26(35)32(23)27-30-31-28(38-27)37-16-17-6-4-3-5-7-17/h3-15,23,33H,2,16H2,1H3/b24-22-. The summed E-state index contributed by atoms with van der Waals surface area (Å²) in [5, 5.41) is 20.1. The fourth-order valence-corrected chi connectivity index (χ4v) is 6.19. The van der Waals surface area contributed by atoms with Crippen molar-refractivity contribution in [1.29, 1.82) is 0 Å². The van der Waals surface area contributed by atoms with Gasteiger partial charge < -0.3 is 9.84 Å². The van der Waals surface area contributed by atoms with Crippen LogP contribution in [0.5, 0.6) is 5.75 Å². The van der Waals surface area contributed by atoms with E-state index < -0.39 is 17.7 Å². The van der Waals surface area contributed by atoms with Gasteiger partial charge in [-0.05, 0) is 42.3 Å². The number of amides is 1. The molecule has 38 heavy (non-hydrogen) atoms.